The van der Waals surface area contributed by atoms with Crippen LogP contribution in [0.3, 0.4) is 0 Å². The molecular weight excluding hydrogens is 374 g/mol. The van der Waals surface area contributed by atoms with Crippen LogP contribution in [0.15, 0.2) is 54.7 Å². The van der Waals surface area contributed by atoms with Gasteiger partial charge in [-0.1, -0.05) is 17.7 Å². The number of nitrogen functional groups attached to an aromatic ring is 1. The maximum atomic E-state index is 6.07. The van der Waals surface area contributed by atoms with E-state index in [1.165, 1.54) is 31.5 Å². The number of aromatic nitrogens is 2. The molecule has 2 N–H and O–H groups in total. The zero-order chi connectivity index (χ0) is 20.9. The van der Waals surface area contributed by atoms with Crippen LogP contribution in [0.2, 0.25) is 0 Å². The Kier molecular flexibility index (Phi) is 6.14. The molecule has 3 aromatic rings. The van der Waals surface area contributed by atoms with Gasteiger partial charge in [-0.15, -0.1) is 0 Å². The highest BCUT2D eigenvalue weighted by Gasteiger charge is 2.16. The van der Waals surface area contributed by atoms with Gasteiger partial charge in [-0.3, -0.25) is 9.80 Å². The highest BCUT2D eigenvalue weighted by molar-refractivity contribution is 5.73. The fourth-order valence-corrected chi connectivity index (χ4v) is 3.62. The summed E-state index contributed by atoms with van der Waals surface area (Å²) < 4.78 is 5.95. The van der Waals surface area contributed by atoms with Crippen molar-refractivity contribution in [1.82, 2.24) is 14.9 Å². The van der Waals surface area contributed by atoms with Crippen LogP contribution in [-0.4, -0.2) is 41.1 Å². The summed E-state index contributed by atoms with van der Waals surface area (Å²) >= 11 is 0. The first-order valence-corrected chi connectivity index (χ1v) is 10.5. The Hall–Kier alpha value is -3.12. The molecule has 0 atom stereocenters. The van der Waals surface area contributed by atoms with Crippen LogP contribution in [0.5, 0.6) is 5.75 Å². The lowest BCUT2D eigenvalue weighted by molar-refractivity contribution is 0.238. The van der Waals surface area contributed by atoms with E-state index in [0.29, 0.717) is 18.4 Å². The second-order valence-corrected chi connectivity index (χ2v) is 7.80. The molecule has 6 heteroatoms. The second kappa shape index (κ2) is 9.13. The summed E-state index contributed by atoms with van der Waals surface area (Å²) in [5.41, 5.74) is 10.1. The first kappa shape index (κ1) is 20.2. The number of rotatable bonds is 7. The van der Waals surface area contributed by atoms with Gasteiger partial charge >= 0.3 is 0 Å². The Labute approximate surface area is 178 Å². The summed E-state index contributed by atoms with van der Waals surface area (Å²) in [7, 11) is 0. The van der Waals surface area contributed by atoms with Gasteiger partial charge in [0.2, 0.25) is 5.95 Å². The molecule has 4 rings (SSSR count). The van der Waals surface area contributed by atoms with E-state index in [1.54, 1.807) is 6.20 Å². The van der Waals surface area contributed by atoms with Crippen LogP contribution in [0.25, 0.3) is 0 Å². The summed E-state index contributed by atoms with van der Waals surface area (Å²) in [5.74, 6) is 1.90. The van der Waals surface area contributed by atoms with Crippen LogP contribution < -0.4 is 15.4 Å². The average Bonchev–Trinajstić information content (AvgIpc) is 3.27. The van der Waals surface area contributed by atoms with Crippen molar-refractivity contribution in [3.05, 3.63) is 65.9 Å². The predicted molar refractivity (Wildman–Crippen MR) is 122 cm³/mol. The highest BCUT2D eigenvalue weighted by atomic mass is 16.5. The van der Waals surface area contributed by atoms with E-state index in [0.717, 1.165) is 29.2 Å². The van der Waals surface area contributed by atoms with E-state index in [4.69, 9.17) is 10.5 Å². The van der Waals surface area contributed by atoms with Crippen molar-refractivity contribution in [1.29, 1.82) is 0 Å². The van der Waals surface area contributed by atoms with Gasteiger partial charge in [-0.2, -0.15) is 4.98 Å². The Balaban J connectivity index is 1.55. The van der Waals surface area contributed by atoms with Gasteiger partial charge < -0.3 is 10.5 Å². The summed E-state index contributed by atoms with van der Waals surface area (Å²) in [6.07, 6.45) is 4.36. The molecule has 6 nitrogen and oxygen atoms in total. The number of hydrogen-bond acceptors (Lipinski definition) is 6. The Morgan fingerprint density at radius 3 is 2.23 bits per heavy atom. The highest BCUT2D eigenvalue weighted by Crippen LogP contribution is 2.33. The lowest BCUT2D eigenvalue weighted by atomic mass is 10.2. The standard InChI is InChI=1S/C24H29N5O/c1-18-5-7-20(8-6-18)29(24-26-17-19(2)23(25)27-24)21-9-11-22(12-10-21)30-16-15-28-13-3-4-14-28/h5-12,17H,3-4,13-16H2,1-2H3,(H2,25,26,27). The number of hydrogen-bond donors (Lipinski definition) is 1. The summed E-state index contributed by atoms with van der Waals surface area (Å²) in [4.78, 5) is 13.5. The molecule has 0 radical (unpaired) electrons. The first-order valence-electron chi connectivity index (χ1n) is 10.5. The van der Waals surface area contributed by atoms with E-state index in [-0.39, 0.29) is 0 Å². The van der Waals surface area contributed by atoms with Gasteiger partial charge in [0.15, 0.2) is 0 Å². The Morgan fingerprint density at radius 1 is 0.967 bits per heavy atom. The molecule has 0 spiro atoms. The van der Waals surface area contributed by atoms with Gasteiger partial charge in [-0.25, -0.2) is 4.98 Å². The van der Waals surface area contributed by atoms with Gasteiger partial charge in [0, 0.05) is 29.7 Å². The lowest BCUT2D eigenvalue weighted by Crippen LogP contribution is -2.25. The van der Waals surface area contributed by atoms with Crippen molar-refractivity contribution in [2.75, 3.05) is 36.9 Å². The van der Waals surface area contributed by atoms with Crippen molar-refractivity contribution in [3.8, 4) is 5.75 Å². The van der Waals surface area contributed by atoms with Crippen molar-refractivity contribution >= 4 is 23.1 Å². The summed E-state index contributed by atoms with van der Waals surface area (Å²) in [6, 6.07) is 16.3. The number of likely N-dealkylation sites (tertiary alicyclic amines) is 1. The average molecular weight is 404 g/mol. The molecular formula is C24H29N5O. The number of nitrogens with two attached hydrogens (primary N) is 1. The lowest BCUT2D eigenvalue weighted by Gasteiger charge is -2.24. The Bertz CT molecular complexity index is 966. The maximum absolute atomic E-state index is 6.07. The predicted octanol–water partition coefficient (Wildman–Crippen LogP) is 4.62. The smallest absolute Gasteiger partial charge is 0.236 e. The molecule has 1 saturated heterocycles. The van der Waals surface area contributed by atoms with Crippen molar-refractivity contribution in [2.45, 2.75) is 26.7 Å². The number of anilines is 4. The van der Waals surface area contributed by atoms with Crippen LogP contribution in [0.4, 0.5) is 23.1 Å². The molecule has 0 unspecified atom stereocenters. The van der Waals surface area contributed by atoms with Crippen LogP contribution in [-0.2, 0) is 0 Å². The van der Waals surface area contributed by atoms with E-state index in [9.17, 15) is 0 Å². The number of ether oxygens (including phenoxy) is 1. The maximum Gasteiger partial charge on any atom is 0.236 e. The third-order valence-corrected chi connectivity index (χ3v) is 5.46. The van der Waals surface area contributed by atoms with E-state index in [2.05, 4.69) is 46.1 Å². The molecule has 2 heterocycles. The molecule has 0 bridgehead atoms. The quantitative estimate of drug-likeness (QED) is 0.621. The minimum absolute atomic E-state index is 0.485. The fraction of sp³-hybridized carbons (Fsp3) is 0.333. The number of aryl methyl sites for hydroxylation is 2. The van der Waals surface area contributed by atoms with Crippen LogP contribution in [0.1, 0.15) is 24.0 Å². The molecule has 1 aliphatic heterocycles. The molecule has 0 saturated carbocycles. The third kappa shape index (κ3) is 4.71. The van der Waals surface area contributed by atoms with Crippen LogP contribution in [0, 0.1) is 13.8 Å². The van der Waals surface area contributed by atoms with Crippen LogP contribution >= 0.6 is 0 Å². The fourth-order valence-electron chi connectivity index (χ4n) is 3.62. The molecule has 156 valence electrons. The third-order valence-electron chi connectivity index (χ3n) is 5.46. The van der Waals surface area contributed by atoms with Crippen molar-refractivity contribution in [3.63, 3.8) is 0 Å². The second-order valence-electron chi connectivity index (χ2n) is 7.80. The van der Waals surface area contributed by atoms with Crippen molar-refractivity contribution < 1.29 is 4.74 Å². The van der Waals surface area contributed by atoms with Crippen molar-refractivity contribution in [2.24, 2.45) is 0 Å². The number of nitrogens with zero attached hydrogens (tertiary/aromatic N) is 4. The normalized spacial score (nSPS) is 14.1. The molecule has 30 heavy (non-hydrogen) atoms. The number of benzene rings is 2. The topological polar surface area (TPSA) is 67.5 Å². The SMILES string of the molecule is Cc1ccc(N(c2ccc(OCCN3CCCC3)cc2)c2ncc(C)c(N)n2)cc1. The zero-order valence-electron chi connectivity index (χ0n) is 17.7. The molecule has 2 aromatic carbocycles. The molecule has 1 fully saturated rings. The van der Waals surface area contributed by atoms with E-state index < -0.39 is 0 Å². The molecule has 0 aliphatic carbocycles. The van der Waals surface area contributed by atoms with Gasteiger partial charge in [0.25, 0.3) is 0 Å². The minimum Gasteiger partial charge on any atom is -0.492 e. The van der Waals surface area contributed by atoms with E-state index in [1.807, 2.05) is 36.1 Å². The molecule has 1 aliphatic rings. The molecule has 0 amide bonds. The monoisotopic (exact) mass is 403 g/mol. The Morgan fingerprint density at radius 2 is 1.60 bits per heavy atom. The van der Waals surface area contributed by atoms with Gasteiger partial charge in [0.1, 0.15) is 18.2 Å². The first-order chi connectivity index (χ1) is 14.6. The summed E-state index contributed by atoms with van der Waals surface area (Å²) in [6.45, 7) is 8.04. The summed E-state index contributed by atoms with van der Waals surface area (Å²) in [5, 5.41) is 0. The molecule has 1 aromatic heterocycles. The van der Waals surface area contributed by atoms with Gasteiger partial charge in [-0.05, 0) is 76.2 Å². The zero-order valence-corrected chi connectivity index (χ0v) is 17.7. The van der Waals surface area contributed by atoms with Gasteiger partial charge in [0.05, 0.1) is 0 Å². The largest absolute Gasteiger partial charge is 0.492 e. The van der Waals surface area contributed by atoms with E-state index >= 15 is 0 Å². The minimum atomic E-state index is 0.485.